The lowest BCUT2D eigenvalue weighted by Gasteiger charge is -2.28. The first kappa shape index (κ1) is 17.6. The van der Waals surface area contributed by atoms with Gasteiger partial charge in [-0.25, -0.2) is 9.97 Å². The van der Waals surface area contributed by atoms with E-state index in [4.69, 9.17) is 22.1 Å². The highest BCUT2D eigenvalue weighted by Crippen LogP contribution is 2.45. The summed E-state index contributed by atoms with van der Waals surface area (Å²) in [6.45, 7) is 1.99. The lowest BCUT2D eigenvalue weighted by molar-refractivity contribution is 0.0702. The van der Waals surface area contributed by atoms with Crippen molar-refractivity contribution in [3.8, 4) is 0 Å². The van der Waals surface area contributed by atoms with Crippen molar-refractivity contribution < 1.29 is 4.74 Å². The van der Waals surface area contributed by atoms with Crippen molar-refractivity contribution in [1.82, 2.24) is 9.97 Å². The average Bonchev–Trinajstić information content (AvgIpc) is 3.22. The standard InChI is InChI=1S/C16H16BrClN4OS2/c17-13-14-16(25-15(13)8-1-3-23-7-9(8)19)10(5-11(18)22-14)21-6-12-20-2-4-24-12/h2,4-5,8-9H,1,3,6-7,19H2,(H,21,22)/t8-,9-/m0/s1. The molecule has 132 valence electrons. The van der Waals surface area contributed by atoms with Crippen LogP contribution in [0.2, 0.25) is 5.15 Å². The Morgan fingerprint density at radius 3 is 3.12 bits per heavy atom. The van der Waals surface area contributed by atoms with Gasteiger partial charge in [-0.3, -0.25) is 0 Å². The fourth-order valence-corrected chi connectivity index (χ4v) is 6.03. The number of aromatic nitrogens is 2. The molecule has 2 atom stereocenters. The summed E-state index contributed by atoms with van der Waals surface area (Å²) >= 11 is 13.3. The Labute approximate surface area is 166 Å². The molecule has 0 spiro atoms. The lowest BCUT2D eigenvalue weighted by atomic mass is 9.94. The molecule has 25 heavy (non-hydrogen) atoms. The number of thiazole rings is 1. The van der Waals surface area contributed by atoms with Crippen LogP contribution < -0.4 is 11.1 Å². The van der Waals surface area contributed by atoms with E-state index in [9.17, 15) is 0 Å². The molecular formula is C16H16BrClN4OS2. The monoisotopic (exact) mass is 458 g/mol. The van der Waals surface area contributed by atoms with Gasteiger partial charge in [-0.05, 0) is 22.4 Å². The second kappa shape index (κ2) is 7.46. The van der Waals surface area contributed by atoms with Crippen molar-refractivity contribution in [2.45, 2.75) is 24.9 Å². The molecule has 1 aliphatic rings. The summed E-state index contributed by atoms with van der Waals surface area (Å²) in [5, 5.41) is 6.91. The number of thiophene rings is 1. The van der Waals surface area contributed by atoms with Crippen LogP contribution in [0.3, 0.4) is 0 Å². The van der Waals surface area contributed by atoms with Gasteiger partial charge in [0.05, 0.1) is 33.5 Å². The zero-order chi connectivity index (χ0) is 17.4. The predicted octanol–water partition coefficient (Wildman–Crippen LogP) is 4.61. The minimum absolute atomic E-state index is 0.000289. The SMILES string of the molecule is N[C@H]1COCC[C@@H]1c1sc2c(NCc3nccs3)cc(Cl)nc2c1Br. The molecule has 0 unspecified atom stereocenters. The van der Waals surface area contributed by atoms with E-state index in [1.165, 1.54) is 4.88 Å². The van der Waals surface area contributed by atoms with Gasteiger partial charge in [0.1, 0.15) is 10.2 Å². The first-order valence-corrected chi connectivity index (χ1v) is 10.7. The fraction of sp³-hybridized carbons (Fsp3) is 0.375. The molecular weight excluding hydrogens is 444 g/mol. The van der Waals surface area contributed by atoms with Crippen LogP contribution in [-0.4, -0.2) is 29.2 Å². The van der Waals surface area contributed by atoms with Gasteiger partial charge in [0.2, 0.25) is 0 Å². The van der Waals surface area contributed by atoms with Crippen LogP contribution in [0.15, 0.2) is 22.1 Å². The van der Waals surface area contributed by atoms with Gasteiger partial charge < -0.3 is 15.8 Å². The summed E-state index contributed by atoms with van der Waals surface area (Å²) in [6, 6.07) is 1.87. The molecule has 3 aromatic heterocycles. The number of fused-ring (bicyclic) bond motifs is 1. The van der Waals surface area contributed by atoms with Crippen molar-refractivity contribution in [3.05, 3.63) is 37.2 Å². The molecule has 1 saturated heterocycles. The summed E-state index contributed by atoms with van der Waals surface area (Å²) in [7, 11) is 0. The Hall–Kier alpha value is -0.770. The molecule has 4 heterocycles. The average molecular weight is 460 g/mol. The van der Waals surface area contributed by atoms with E-state index < -0.39 is 0 Å². The van der Waals surface area contributed by atoms with Crippen LogP contribution in [-0.2, 0) is 11.3 Å². The van der Waals surface area contributed by atoms with Crippen LogP contribution in [0.5, 0.6) is 0 Å². The summed E-state index contributed by atoms with van der Waals surface area (Å²) in [4.78, 5) is 10.1. The van der Waals surface area contributed by atoms with Crippen LogP contribution in [0, 0.1) is 0 Å². The van der Waals surface area contributed by atoms with Gasteiger partial charge in [0.25, 0.3) is 0 Å². The van der Waals surface area contributed by atoms with E-state index in [1.54, 1.807) is 22.7 Å². The van der Waals surface area contributed by atoms with Crippen LogP contribution >= 0.6 is 50.2 Å². The van der Waals surface area contributed by atoms with E-state index in [-0.39, 0.29) is 12.0 Å². The van der Waals surface area contributed by atoms with Gasteiger partial charge in [0, 0.05) is 41.1 Å². The maximum atomic E-state index is 6.28. The van der Waals surface area contributed by atoms with E-state index in [1.807, 2.05) is 17.6 Å². The molecule has 0 bridgehead atoms. The van der Waals surface area contributed by atoms with Crippen molar-refractivity contribution in [2.24, 2.45) is 5.73 Å². The third-order valence-electron chi connectivity index (χ3n) is 4.23. The van der Waals surface area contributed by atoms with Gasteiger partial charge in [-0.1, -0.05) is 11.6 Å². The Morgan fingerprint density at radius 2 is 2.36 bits per heavy atom. The molecule has 3 aromatic rings. The lowest BCUT2D eigenvalue weighted by Crippen LogP contribution is -2.37. The van der Waals surface area contributed by atoms with Gasteiger partial charge >= 0.3 is 0 Å². The maximum Gasteiger partial charge on any atom is 0.131 e. The number of ether oxygens (including phenoxy) is 1. The second-order valence-electron chi connectivity index (χ2n) is 5.86. The van der Waals surface area contributed by atoms with Crippen molar-refractivity contribution in [3.63, 3.8) is 0 Å². The van der Waals surface area contributed by atoms with E-state index >= 15 is 0 Å². The molecule has 5 nitrogen and oxygen atoms in total. The van der Waals surface area contributed by atoms with E-state index in [0.717, 1.165) is 38.4 Å². The molecule has 4 rings (SSSR count). The minimum Gasteiger partial charge on any atom is -0.380 e. The number of rotatable bonds is 4. The Bertz CT molecular complexity index is 886. The summed E-state index contributed by atoms with van der Waals surface area (Å²) in [6.07, 6.45) is 2.73. The topological polar surface area (TPSA) is 73.1 Å². The molecule has 0 aromatic carbocycles. The largest absolute Gasteiger partial charge is 0.380 e. The number of nitrogens with two attached hydrogens (primary N) is 1. The smallest absolute Gasteiger partial charge is 0.131 e. The Kier molecular flexibility index (Phi) is 5.26. The van der Waals surface area contributed by atoms with Crippen molar-refractivity contribution >= 4 is 66.1 Å². The highest BCUT2D eigenvalue weighted by Gasteiger charge is 2.29. The number of nitrogens with one attached hydrogen (secondary N) is 1. The van der Waals surface area contributed by atoms with Crippen LogP contribution in [0.1, 0.15) is 22.2 Å². The molecule has 0 amide bonds. The quantitative estimate of drug-likeness (QED) is 0.557. The number of pyridine rings is 1. The molecule has 1 fully saturated rings. The molecule has 1 aliphatic heterocycles. The predicted molar refractivity (Wildman–Crippen MR) is 108 cm³/mol. The minimum atomic E-state index is 0.000289. The Morgan fingerprint density at radius 1 is 1.48 bits per heavy atom. The van der Waals surface area contributed by atoms with E-state index in [2.05, 4.69) is 31.2 Å². The number of hydrogen-bond acceptors (Lipinski definition) is 7. The first-order chi connectivity index (χ1) is 12.1. The van der Waals surface area contributed by atoms with Crippen molar-refractivity contribution in [2.75, 3.05) is 18.5 Å². The second-order valence-corrected chi connectivity index (χ2v) is 9.08. The third kappa shape index (κ3) is 3.56. The number of anilines is 1. The molecule has 3 N–H and O–H groups in total. The molecule has 0 aliphatic carbocycles. The summed E-state index contributed by atoms with van der Waals surface area (Å²) in [5.41, 5.74) is 8.14. The fourth-order valence-electron chi connectivity index (χ4n) is 2.99. The zero-order valence-electron chi connectivity index (χ0n) is 13.2. The van der Waals surface area contributed by atoms with Gasteiger partial charge in [-0.15, -0.1) is 22.7 Å². The van der Waals surface area contributed by atoms with Gasteiger partial charge in [0.15, 0.2) is 0 Å². The number of halogens is 2. The third-order valence-corrected chi connectivity index (χ3v) is 7.61. The normalized spacial score (nSPS) is 20.9. The van der Waals surface area contributed by atoms with Crippen molar-refractivity contribution in [1.29, 1.82) is 0 Å². The van der Waals surface area contributed by atoms with Gasteiger partial charge in [-0.2, -0.15) is 0 Å². The van der Waals surface area contributed by atoms with E-state index in [0.29, 0.717) is 18.3 Å². The highest BCUT2D eigenvalue weighted by molar-refractivity contribution is 9.10. The first-order valence-electron chi connectivity index (χ1n) is 7.87. The van der Waals surface area contributed by atoms with Crippen LogP contribution in [0.25, 0.3) is 10.2 Å². The Balaban J connectivity index is 1.72. The molecule has 0 saturated carbocycles. The molecule has 0 radical (unpaired) electrons. The number of nitrogens with zero attached hydrogens (tertiary/aromatic N) is 2. The molecule has 9 heteroatoms. The summed E-state index contributed by atoms with van der Waals surface area (Å²) < 4.78 is 7.56. The van der Waals surface area contributed by atoms with Crippen LogP contribution in [0.4, 0.5) is 5.69 Å². The maximum absolute atomic E-state index is 6.28. The zero-order valence-corrected chi connectivity index (χ0v) is 17.1. The highest BCUT2D eigenvalue weighted by atomic mass is 79.9. The number of hydrogen-bond donors (Lipinski definition) is 2. The summed E-state index contributed by atoms with van der Waals surface area (Å²) in [5.74, 6) is 0.271.